The van der Waals surface area contributed by atoms with Crippen LogP contribution >= 0.6 is 0 Å². The second-order valence-corrected chi connectivity index (χ2v) is 13.4. The maximum atomic E-state index is 12.6. The van der Waals surface area contributed by atoms with Gasteiger partial charge in [-0.25, -0.2) is 0 Å². The second-order valence-electron chi connectivity index (χ2n) is 13.4. The van der Waals surface area contributed by atoms with Gasteiger partial charge in [-0.1, -0.05) is 13.8 Å². The first-order valence-corrected chi connectivity index (χ1v) is 13.5. The maximum absolute atomic E-state index is 12.6. The summed E-state index contributed by atoms with van der Waals surface area (Å²) in [5, 5.41) is 21.6. The lowest BCUT2D eigenvalue weighted by Crippen LogP contribution is -2.66. The van der Waals surface area contributed by atoms with E-state index in [1.165, 1.54) is 6.92 Å². The van der Waals surface area contributed by atoms with Crippen molar-refractivity contribution in [1.82, 2.24) is 0 Å². The number of fused-ring (bicyclic) bond motifs is 10. The Hall–Kier alpha value is -1.18. The van der Waals surface area contributed by atoms with Crippen molar-refractivity contribution in [1.29, 1.82) is 0 Å². The van der Waals surface area contributed by atoms with Gasteiger partial charge in [0, 0.05) is 23.7 Å². The van der Waals surface area contributed by atoms with Crippen molar-refractivity contribution < 1.29 is 34.0 Å². The van der Waals surface area contributed by atoms with Gasteiger partial charge in [0.2, 0.25) is 0 Å². The van der Waals surface area contributed by atoms with Crippen LogP contribution < -0.4 is 0 Å². The summed E-state index contributed by atoms with van der Waals surface area (Å²) in [6, 6.07) is 0. The molecule has 7 fully saturated rings. The average molecular weight is 475 g/mol. The topological polar surface area (TPSA) is 102 Å². The number of rotatable bonds is 3. The van der Waals surface area contributed by atoms with E-state index >= 15 is 0 Å². The highest BCUT2D eigenvalue weighted by atomic mass is 16.7. The summed E-state index contributed by atoms with van der Waals surface area (Å²) in [7, 11) is 0. The quantitative estimate of drug-likeness (QED) is 0.478. The Morgan fingerprint density at radius 1 is 1.00 bits per heavy atom. The van der Waals surface area contributed by atoms with Gasteiger partial charge < -0.3 is 24.4 Å². The number of aliphatic carboxylic acids is 1. The second kappa shape index (κ2) is 6.57. The van der Waals surface area contributed by atoms with Crippen molar-refractivity contribution in [2.24, 2.45) is 58.2 Å². The lowest BCUT2D eigenvalue weighted by atomic mass is 9.43. The van der Waals surface area contributed by atoms with E-state index in [1.807, 2.05) is 0 Å². The number of hydrogen-bond acceptors (Lipinski definition) is 6. The van der Waals surface area contributed by atoms with Gasteiger partial charge in [-0.3, -0.25) is 9.59 Å². The molecule has 34 heavy (non-hydrogen) atoms. The Bertz CT molecular complexity index is 943. The van der Waals surface area contributed by atoms with Crippen LogP contribution in [0, 0.1) is 58.2 Å². The fourth-order valence-corrected chi connectivity index (χ4v) is 10.3. The molecule has 0 aromatic rings. The molecule has 0 amide bonds. The molecule has 6 aliphatic carbocycles. The van der Waals surface area contributed by atoms with Crippen LogP contribution in [0.1, 0.15) is 65.7 Å². The third kappa shape index (κ3) is 2.54. The summed E-state index contributed by atoms with van der Waals surface area (Å²) >= 11 is 0. The number of carboxylic acids is 1. The summed E-state index contributed by atoms with van der Waals surface area (Å²) < 4.78 is 18.1. The third-order valence-corrected chi connectivity index (χ3v) is 12.1. The summed E-state index contributed by atoms with van der Waals surface area (Å²) in [5.74, 6) is -0.121. The lowest BCUT2D eigenvalue weighted by molar-refractivity contribution is -0.291. The minimum absolute atomic E-state index is 0.0881. The van der Waals surface area contributed by atoms with E-state index < -0.39 is 29.2 Å². The Labute approximate surface area is 200 Å². The molecule has 7 heteroatoms. The zero-order valence-electron chi connectivity index (χ0n) is 20.5. The van der Waals surface area contributed by atoms with Gasteiger partial charge in [-0.05, 0) is 80.5 Å². The van der Waals surface area contributed by atoms with E-state index in [-0.39, 0.29) is 16.9 Å². The van der Waals surface area contributed by atoms with Crippen LogP contribution in [-0.4, -0.2) is 52.9 Å². The van der Waals surface area contributed by atoms with E-state index in [1.54, 1.807) is 0 Å². The monoisotopic (exact) mass is 474 g/mol. The van der Waals surface area contributed by atoms with Crippen molar-refractivity contribution in [3.63, 3.8) is 0 Å². The van der Waals surface area contributed by atoms with Crippen molar-refractivity contribution in [2.75, 3.05) is 13.2 Å². The number of carbonyl (C=O) groups excluding carboxylic acids is 1. The molecule has 6 saturated carbocycles. The number of aliphatic hydroxyl groups is 1. The fourth-order valence-electron chi connectivity index (χ4n) is 10.3. The number of hydrogen-bond donors (Lipinski definition) is 2. The number of carboxylic acid groups (broad SMARTS) is 1. The lowest BCUT2D eigenvalue weighted by Gasteiger charge is -2.65. The predicted molar refractivity (Wildman–Crippen MR) is 119 cm³/mol. The van der Waals surface area contributed by atoms with Gasteiger partial charge in [0.25, 0.3) is 0 Å². The van der Waals surface area contributed by atoms with Crippen molar-refractivity contribution >= 4 is 11.9 Å². The number of esters is 1. The molecule has 7 rings (SSSR count). The molecule has 1 saturated heterocycles. The van der Waals surface area contributed by atoms with E-state index in [4.69, 9.17) is 14.2 Å². The van der Waals surface area contributed by atoms with Gasteiger partial charge in [-0.15, -0.1) is 0 Å². The molecule has 12 unspecified atom stereocenters. The Balaban J connectivity index is 1.19. The van der Waals surface area contributed by atoms with Crippen LogP contribution in [0.5, 0.6) is 0 Å². The highest BCUT2D eigenvalue weighted by molar-refractivity contribution is 5.93. The summed E-state index contributed by atoms with van der Waals surface area (Å²) in [6.07, 6.45) is 6.40. The smallest absolute Gasteiger partial charge is 0.320 e. The van der Waals surface area contributed by atoms with Crippen LogP contribution in [0.25, 0.3) is 0 Å². The normalized spacial score (nSPS) is 56.4. The van der Waals surface area contributed by atoms with Gasteiger partial charge in [-0.2, -0.15) is 0 Å². The number of ether oxygens (including phenoxy) is 3. The summed E-state index contributed by atoms with van der Waals surface area (Å²) in [6.45, 7) is 7.31. The first-order chi connectivity index (χ1) is 16.0. The van der Waals surface area contributed by atoms with Crippen molar-refractivity contribution in [3.05, 3.63) is 0 Å². The molecule has 7 nitrogen and oxygen atoms in total. The summed E-state index contributed by atoms with van der Waals surface area (Å²) in [5.41, 5.74) is -0.969. The largest absolute Gasteiger partial charge is 0.481 e. The first-order valence-electron chi connectivity index (χ1n) is 13.5. The molecule has 1 spiro atoms. The van der Waals surface area contributed by atoms with Crippen molar-refractivity contribution in [3.8, 4) is 0 Å². The summed E-state index contributed by atoms with van der Waals surface area (Å²) in [4.78, 5) is 24.0. The highest BCUT2D eigenvalue weighted by Gasteiger charge is 2.80. The van der Waals surface area contributed by atoms with E-state index in [9.17, 15) is 19.8 Å². The molecule has 2 N–H and O–H groups in total. The molecular formula is C27H38O7. The Kier molecular flexibility index (Phi) is 4.26. The number of carbonyl (C=O) groups is 2. The van der Waals surface area contributed by atoms with Crippen LogP contribution in [0.3, 0.4) is 0 Å². The predicted octanol–water partition coefficient (Wildman–Crippen LogP) is 3.23. The molecule has 0 radical (unpaired) electrons. The Morgan fingerprint density at radius 2 is 1.74 bits per heavy atom. The first kappa shape index (κ1) is 22.1. The van der Waals surface area contributed by atoms with Crippen LogP contribution in [-0.2, 0) is 23.8 Å². The molecule has 7 aliphatic rings. The highest BCUT2D eigenvalue weighted by Crippen LogP contribution is 2.80. The minimum Gasteiger partial charge on any atom is -0.481 e. The van der Waals surface area contributed by atoms with Crippen molar-refractivity contribution in [2.45, 2.75) is 83.2 Å². The van der Waals surface area contributed by atoms with Crippen LogP contribution in [0.4, 0.5) is 0 Å². The Morgan fingerprint density at radius 3 is 2.44 bits per heavy atom. The molecule has 0 bridgehead atoms. The minimum atomic E-state index is -1.12. The molecule has 12 atom stereocenters. The van der Waals surface area contributed by atoms with E-state index in [0.717, 1.165) is 38.5 Å². The fraction of sp³-hybridized carbons (Fsp3) is 0.926. The van der Waals surface area contributed by atoms with Gasteiger partial charge in [0.1, 0.15) is 6.10 Å². The zero-order valence-corrected chi connectivity index (χ0v) is 20.5. The molecule has 1 heterocycles. The van der Waals surface area contributed by atoms with Gasteiger partial charge in [0.05, 0.1) is 18.8 Å². The van der Waals surface area contributed by atoms with Crippen LogP contribution in [0.15, 0.2) is 0 Å². The van der Waals surface area contributed by atoms with Gasteiger partial charge in [0.15, 0.2) is 11.7 Å². The maximum Gasteiger partial charge on any atom is 0.320 e. The van der Waals surface area contributed by atoms with E-state index in [0.29, 0.717) is 61.1 Å². The molecule has 0 aromatic carbocycles. The molecule has 0 aromatic heterocycles. The molecular weight excluding hydrogens is 436 g/mol. The van der Waals surface area contributed by atoms with Gasteiger partial charge >= 0.3 is 11.9 Å². The third-order valence-electron chi connectivity index (χ3n) is 12.1. The average Bonchev–Trinajstić information content (AvgIpc) is 3.69. The molecule has 1 aliphatic heterocycles. The van der Waals surface area contributed by atoms with Crippen LogP contribution in [0.2, 0.25) is 0 Å². The molecule has 188 valence electrons. The SMILES string of the molecule is CC(C(=O)O)C(=O)OC1C2CC2C2C3C4CC4C4(O)CC5(CCC4(C)C3CCC12C)OCCO5. The standard InChI is InChI=1S/C27H38O7/c1-13(22(28)29)23(30)34-21-15-10-14(15)20-19-16-11-18(16)27(31)12-26(32-8-9-33-26)7-6-25(27,3)17(19)4-5-24(20,21)2/h13-21,31H,4-12H2,1-3H3,(H,28,29). The van der Waals surface area contributed by atoms with E-state index in [2.05, 4.69) is 13.8 Å². The zero-order chi connectivity index (χ0) is 23.8.